The van der Waals surface area contributed by atoms with E-state index in [0.717, 1.165) is 5.56 Å². The van der Waals surface area contributed by atoms with Crippen LogP contribution in [0.5, 0.6) is 0 Å². The lowest BCUT2D eigenvalue weighted by Gasteiger charge is -2.26. The van der Waals surface area contributed by atoms with Gasteiger partial charge in [0.15, 0.2) is 0 Å². The topological polar surface area (TPSA) is 62.7 Å². The van der Waals surface area contributed by atoms with Crippen molar-refractivity contribution < 1.29 is 14.6 Å². The van der Waals surface area contributed by atoms with Gasteiger partial charge in [-0.15, -0.1) is 0 Å². The van der Waals surface area contributed by atoms with E-state index in [1.165, 1.54) is 7.11 Å². The fourth-order valence-electron chi connectivity index (χ4n) is 2.36. The summed E-state index contributed by atoms with van der Waals surface area (Å²) < 4.78 is 4.87. The Bertz CT molecular complexity index is 396. The number of rotatable bonds is 4. The predicted molar refractivity (Wildman–Crippen MR) is 65.9 cm³/mol. The van der Waals surface area contributed by atoms with Gasteiger partial charge in [-0.25, -0.2) is 0 Å². The molecule has 0 aromatic carbocycles. The van der Waals surface area contributed by atoms with Crippen LogP contribution in [-0.2, 0) is 16.0 Å². The average molecular weight is 250 g/mol. The number of carbonyl (C=O) groups excluding carboxylic acids is 1. The van der Waals surface area contributed by atoms with E-state index in [0.29, 0.717) is 19.4 Å². The maximum atomic E-state index is 11.9. The standard InChI is InChI=1S/C13H18N2O3/c1-18-9-13(17)15-7-4-12(16)11(15)8-10-2-5-14-6-3-10/h2-3,5-6,11-12,16H,4,7-9H2,1H3/t11-,12-/m1/s1. The van der Waals surface area contributed by atoms with E-state index < -0.39 is 6.10 Å². The van der Waals surface area contributed by atoms with E-state index in [9.17, 15) is 9.90 Å². The Labute approximate surface area is 106 Å². The normalized spacial score (nSPS) is 23.3. The Balaban J connectivity index is 2.06. The third-order valence-electron chi connectivity index (χ3n) is 3.29. The van der Waals surface area contributed by atoms with Gasteiger partial charge >= 0.3 is 0 Å². The van der Waals surface area contributed by atoms with E-state index in [2.05, 4.69) is 4.98 Å². The number of hydrogen-bond donors (Lipinski definition) is 1. The lowest BCUT2D eigenvalue weighted by Crippen LogP contribution is -2.42. The number of carbonyl (C=O) groups is 1. The van der Waals surface area contributed by atoms with Crippen LogP contribution in [0, 0.1) is 0 Å². The molecule has 1 aliphatic heterocycles. The molecule has 2 rings (SSSR count). The van der Waals surface area contributed by atoms with E-state index >= 15 is 0 Å². The Morgan fingerprint density at radius 2 is 2.28 bits per heavy atom. The summed E-state index contributed by atoms with van der Waals surface area (Å²) in [6.45, 7) is 0.665. The molecule has 5 heteroatoms. The minimum Gasteiger partial charge on any atom is -0.391 e. The molecule has 18 heavy (non-hydrogen) atoms. The van der Waals surface area contributed by atoms with Gasteiger partial charge < -0.3 is 14.7 Å². The van der Waals surface area contributed by atoms with E-state index in [1.807, 2.05) is 12.1 Å². The van der Waals surface area contributed by atoms with Crippen molar-refractivity contribution in [1.29, 1.82) is 0 Å². The number of aromatic nitrogens is 1. The molecule has 0 saturated carbocycles. The molecule has 1 aromatic rings. The second-order valence-corrected chi connectivity index (χ2v) is 4.50. The van der Waals surface area contributed by atoms with Crippen molar-refractivity contribution in [1.82, 2.24) is 9.88 Å². The zero-order chi connectivity index (χ0) is 13.0. The van der Waals surface area contributed by atoms with Gasteiger partial charge in [0.25, 0.3) is 0 Å². The highest BCUT2D eigenvalue weighted by Gasteiger charge is 2.35. The Morgan fingerprint density at radius 3 is 2.94 bits per heavy atom. The highest BCUT2D eigenvalue weighted by Crippen LogP contribution is 2.21. The van der Waals surface area contributed by atoms with E-state index in [4.69, 9.17) is 4.74 Å². The summed E-state index contributed by atoms with van der Waals surface area (Å²) in [5.41, 5.74) is 1.08. The number of ether oxygens (including phenoxy) is 1. The van der Waals surface area contributed by atoms with Crippen molar-refractivity contribution in [2.75, 3.05) is 20.3 Å². The maximum Gasteiger partial charge on any atom is 0.248 e. The molecule has 2 heterocycles. The van der Waals surface area contributed by atoms with Crippen LogP contribution in [0.1, 0.15) is 12.0 Å². The van der Waals surface area contributed by atoms with Gasteiger partial charge in [-0.2, -0.15) is 0 Å². The first kappa shape index (κ1) is 13.0. The van der Waals surface area contributed by atoms with Crippen molar-refractivity contribution in [3.8, 4) is 0 Å². The van der Waals surface area contributed by atoms with Crippen molar-refractivity contribution in [2.45, 2.75) is 25.0 Å². The number of likely N-dealkylation sites (tertiary alicyclic amines) is 1. The van der Waals surface area contributed by atoms with Gasteiger partial charge in [-0.3, -0.25) is 9.78 Å². The zero-order valence-corrected chi connectivity index (χ0v) is 10.5. The molecular weight excluding hydrogens is 232 g/mol. The summed E-state index contributed by atoms with van der Waals surface area (Å²) in [6, 6.07) is 3.66. The Kier molecular flexibility index (Phi) is 4.28. The number of nitrogens with zero attached hydrogens (tertiary/aromatic N) is 2. The monoisotopic (exact) mass is 250 g/mol. The molecular formula is C13H18N2O3. The first-order chi connectivity index (χ1) is 8.72. The molecule has 1 saturated heterocycles. The van der Waals surface area contributed by atoms with Crippen LogP contribution in [0.15, 0.2) is 24.5 Å². The summed E-state index contributed by atoms with van der Waals surface area (Å²) in [7, 11) is 1.50. The average Bonchev–Trinajstić information content (AvgIpc) is 2.73. The summed E-state index contributed by atoms with van der Waals surface area (Å²) in [6.07, 6.45) is 4.26. The summed E-state index contributed by atoms with van der Waals surface area (Å²) in [5, 5.41) is 9.99. The Hall–Kier alpha value is -1.46. The molecule has 0 radical (unpaired) electrons. The van der Waals surface area contributed by atoms with Crippen LogP contribution in [0.4, 0.5) is 0 Å². The van der Waals surface area contributed by atoms with Crippen molar-refractivity contribution >= 4 is 5.91 Å². The van der Waals surface area contributed by atoms with Crippen LogP contribution < -0.4 is 0 Å². The SMILES string of the molecule is COCC(=O)N1CC[C@@H](O)[C@H]1Cc1ccncc1. The first-order valence-electron chi connectivity index (χ1n) is 6.07. The number of methoxy groups -OCH3 is 1. The minimum atomic E-state index is -0.459. The minimum absolute atomic E-state index is 0.0619. The van der Waals surface area contributed by atoms with Crippen LogP contribution in [0.2, 0.25) is 0 Å². The molecule has 0 spiro atoms. The molecule has 1 aromatic heterocycles. The summed E-state index contributed by atoms with van der Waals surface area (Å²) >= 11 is 0. The number of pyridine rings is 1. The fraction of sp³-hybridized carbons (Fsp3) is 0.538. The molecule has 0 aliphatic carbocycles. The zero-order valence-electron chi connectivity index (χ0n) is 10.5. The predicted octanol–water partition coefficient (Wildman–Crippen LogP) is 0.232. The van der Waals surface area contributed by atoms with Gasteiger partial charge in [0, 0.05) is 26.0 Å². The molecule has 0 unspecified atom stereocenters. The lowest BCUT2D eigenvalue weighted by atomic mass is 10.0. The lowest BCUT2D eigenvalue weighted by molar-refractivity contribution is -0.136. The molecule has 98 valence electrons. The number of hydrogen-bond acceptors (Lipinski definition) is 4. The molecule has 1 aliphatic rings. The maximum absolute atomic E-state index is 11.9. The smallest absolute Gasteiger partial charge is 0.248 e. The summed E-state index contributed by atoms with van der Waals surface area (Å²) in [5.74, 6) is -0.0619. The third-order valence-corrected chi connectivity index (χ3v) is 3.29. The molecule has 1 N–H and O–H groups in total. The van der Waals surface area contributed by atoms with E-state index in [1.54, 1.807) is 17.3 Å². The van der Waals surface area contributed by atoms with Crippen LogP contribution in [0.3, 0.4) is 0 Å². The highest BCUT2D eigenvalue weighted by molar-refractivity contribution is 5.78. The van der Waals surface area contributed by atoms with Gasteiger partial charge in [-0.05, 0) is 30.5 Å². The van der Waals surface area contributed by atoms with Crippen molar-refractivity contribution in [3.63, 3.8) is 0 Å². The molecule has 5 nitrogen and oxygen atoms in total. The second kappa shape index (κ2) is 5.93. The highest BCUT2D eigenvalue weighted by atomic mass is 16.5. The van der Waals surface area contributed by atoms with Gasteiger partial charge in [0.05, 0.1) is 12.1 Å². The quantitative estimate of drug-likeness (QED) is 0.831. The van der Waals surface area contributed by atoms with E-state index in [-0.39, 0.29) is 18.6 Å². The van der Waals surface area contributed by atoms with Crippen molar-refractivity contribution in [2.24, 2.45) is 0 Å². The first-order valence-corrected chi connectivity index (χ1v) is 6.07. The van der Waals surface area contributed by atoms with Gasteiger partial charge in [0.1, 0.15) is 6.61 Å². The number of aliphatic hydroxyl groups excluding tert-OH is 1. The second-order valence-electron chi connectivity index (χ2n) is 4.50. The fourth-order valence-corrected chi connectivity index (χ4v) is 2.36. The number of amides is 1. The van der Waals surface area contributed by atoms with Crippen LogP contribution in [0.25, 0.3) is 0 Å². The van der Waals surface area contributed by atoms with Gasteiger partial charge in [-0.1, -0.05) is 0 Å². The molecule has 0 bridgehead atoms. The number of aliphatic hydroxyl groups is 1. The largest absolute Gasteiger partial charge is 0.391 e. The Morgan fingerprint density at radius 1 is 1.56 bits per heavy atom. The summed E-state index contributed by atoms with van der Waals surface area (Å²) in [4.78, 5) is 17.5. The molecule has 1 amide bonds. The molecule has 1 fully saturated rings. The van der Waals surface area contributed by atoms with Crippen LogP contribution >= 0.6 is 0 Å². The van der Waals surface area contributed by atoms with Crippen molar-refractivity contribution in [3.05, 3.63) is 30.1 Å². The third kappa shape index (κ3) is 2.86. The molecule has 2 atom stereocenters. The van der Waals surface area contributed by atoms with Crippen LogP contribution in [-0.4, -0.2) is 53.3 Å². The van der Waals surface area contributed by atoms with Gasteiger partial charge in [0.2, 0.25) is 5.91 Å².